The van der Waals surface area contributed by atoms with Gasteiger partial charge in [0.15, 0.2) is 0 Å². The third-order valence-electron chi connectivity index (χ3n) is 5.91. The molecular weight excluding hydrogens is 462 g/mol. The molecule has 0 unspecified atom stereocenters. The zero-order valence-corrected chi connectivity index (χ0v) is 21.4. The number of sulfonamides is 1. The minimum atomic E-state index is -3.76. The Balaban J connectivity index is 1.83. The first kappa shape index (κ1) is 26.0. The van der Waals surface area contributed by atoms with Gasteiger partial charge in [0.25, 0.3) is 5.91 Å². The molecule has 8 heteroatoms. The van der Waals surface area contributed by atoms with E-state index in [0.29, 0.717) is 11.4 Å². The Labute approximate surface area is 207 Å². The maximum Gasteiger partial charge on any atom is 0.253 e. The van der Waals surface area contributed by atoms with Gasteiger partial charge >= 0.3 is 0 Å². The fraction of sp³-hybridized carbons (Fsp3) is 0.259. The summed E-state index contributed by atoms with van der Waals surface area (Å²) in [7, 11) is -3.76. The molecule has 7 nitrogen and oxygen atoms in total. The lowest BCUT2D eigenvalue weighted by Gasteiger charge is -2.29. The lowest BCUT2D eigenvalue weighted by Crippen LogP contribution is -2.45. The Morgan fingerprint density at radius 3 is 2.11 bits per heavy atom. The third kappa shape index (κ3) is 6.27. The average molecular weight is 494 g/mol. The number of hydrogen-bond acceptors (Lipinski definition) is 4. The van der Waals surface area contributed by atoms with Crippen LogP contribution in [0.5, 0.6) is 0 Å². The van der Waals surface area contributed by atoms with Gasteiger partial charge in [0.2, 0.25) is 15.9 Å². The first-order valence-electron chi connectivity index (χ1n) is 11.3. The lowest BCUT2D eigenvalue weighted by molar-refractivity contribution is -0.116. The van der Waals surface area contributed by atoms with Crippen LogP contribution in [0.15, 0.2) is 72.8 Å². The summed E-state index contributed by atoms with van der Waals surface area (Å²) in [5.41, 5.74) is 3.87. The monoisotopic (exact) mass is 493 g/mol. The van der Waals surface area contributed by atoms with E-state index in [1.807, 2.05) is 57.2 Å². The molecule has 0 aliphatic carbocycles. The van der Waals surface area contributed by atoms with Gasteiger partial charge in [-0.25, -0.2) is 8.42 Å². The van der Waals surface area contributed by atoms with Crippen molar-refractivity contribution < 1.29 is 18.0 Å². The summed E-state index contributed by atoms with van der Waals surface area (Å²) in [4.78, 5) is 26.2. The van der Waals surface area contributed by atoms with Crippen molar-refractivity contribution in [3.8, 4) is 0 Å². The molecule has 0 bridgehead atoms. The standard InChI is InChI=1S/C27H31N3O4S/c1-18-15-16-23(17-19(18)2)30(35(5,33)34)21(4)26(31)29-25-14-10-9-13-24(25)27(32)28-20(3)22-11-7-6-8-12-22/h6-17,20-21H,1-5H3,(H,28,32)(H,29,31)/t20-,21+/m1/s1. The summed E-state index contributed by atoms with van der Waals surface area (Å²) >= 11 is 0. The van der Waals surface area contributed by atoms with Crippen LogP contribution in [-0.4, -0.2) is 32.5 Å². The van der Waals surface area contributed by atoms with Crippen LogP contribution in [0, 0.1) is 13.8 Å². The number of benzene rings is 3. The highest BCUT2D eigenvalue weighted by atomic mass is 32.2. The predicted octanol–water partition coefficient (Wildman–Crippen LogP) is 4.59. The normalized spacial score (nSPS) is 12.9. The number of anilines is 2. The number of carbonyl (C=O) groups is 2. The highest BCUT2D eigenvalue weighted by molar-refractivity contribution is 7.92. The minimum Gasteiger partial charge on any atom is -0.345 e. The van der Waals surface area contributed by atoms with E-state index in [2.05, 4.69) is 10.6 Å². The number of rotatable bonds is 8. The number of amides is 2. The average Bonchev–Trinajstić information content (AvgIpc) is 2.81. The van der Waals surface area contributed by atoms with Crippen molar-refractivity contribution >= 4 is 33.2 Å². The molecule has 0 aliphatic rings. The SMILES string of the molecule is Cc1ccc(N([C@@H](C)C(=O)Nc2ccccc2C(=O)N[C@H](C)c2ccccc2)S(C)(=O)=O)cc1C. The number of nitrogens with one attached hydrogen (secondary N) is 2. The van der Waals surface area contributed by atoms with Crippen LogP contribution in [0.3, 0.4) is 0 Å². The van der Waals surface area contributed by atoms with Crippen molar-refractivity contribution in [3.63, 3.8) is 0 Å². The molecule has 0 radical (unpaired) electrons. The first-order chi connectivity index (χ1) is 16.5. The highest BCUT2D eigenvalue weighted by Crippen LogP contribution is 2.25. The Hall–Kier alpha value is -3.65. The van der Waals surface area contributed by atoms with Crippen molar-refractivity contribution in [2.45, 2.75) is 39.8 Å². The number of nitrogens with zero attached hydrogens (tertiary/aromatic N) is 1. The Morgan fingerprint density at radius 2 is 1.49 bits per heavy atom. The summed E-state index contributed by atoms with van der Waals surface area (Å²) in [5, 5.41) is 5.69. The maximum absolute atomic E-state index is 13.2. The fourth-order valence-corrected chi connectivity index (χ4v) is 4.96. The molecular formula is C27H31N3O4S. The molecule has 2 atom stereocenters. The van der Waals surface area contributed by atoms with Gasteiger partial charge in [-0.05, 0) is 68.7 Å². The zero-order chi connectivity index (χ0) is 25.8. The number of aryl methyl sites for hydroxylation is 2. The summed E-state index contributed by atoms with van der Waals surface area (Å²) in [6.07, 6.45) is 1.07. The lowest BCUT2D eigenvalue weighted by atomic mass is 10.1. The molecule has 0 saturated carbocycles. The van der Waals surface area contributed by atoms with E-state index < -0.39 is 22.0 Å². The number of carbonyl (C=O) groups excluding carboxylic acids is 2. The molecule has 2 N–H and O–H groups in total. The molecule has 3 aromatic rings. The summed E-state index contributed by atoms with van der Waals surface area (Å²) in [6.45, 7) is 7.21. The quantitative estimate of drug-likeness (QED) is 0.480. The van der Waals surface area contributed by atoms with Crippen molar-refractivity contribution in [1.82, 2.24) is 5.32 Å². The largest absolute Gasteiger partial charge is 0.345 e. The fourth-order valence-electron chi connectivity index (χ4n) is 3.80. The molecule has 0 aliphatic heterocycles. The van der Waals surface area contributed by atoms with Gasteiger partial charge in [-0.2, -0.15) is 0 Å². The van der Waals surface area contributed by atoms with Crippen LogP contribution in [0.1, 0.15) is 46.9 Å². The van der Waals surface area contributed by atoms with E-state index in [4.69, 9.17) is 0 Å². The molecule has 184 valence electrons. The van der Waals surface area contributed by atoms with Gasteiger partial charge in [0, 0.05) is 0 Å². The summed E-state index contributed by atoms with van der Waals surface area (Å²) in [6, 6.07) is 20.2. The molecule has 0 spiro atoms. The van der Waals surface area contributed by atoms with Crippen LogP contribution in [0.4, 0.5) is 11.4 Å². The van der Waals surface area contributed by atoms with Crippen molar-refractivity contribution in [1.29, 1.82) is 0 Å². The smallest absolute Gasteiger partial charge is 0.253 e. The zero-order valence-electron chi connectivity index (χ0n) is 20.6. The first-order valence-corrected chi connectivity index (χ1v) is 13.2. The van der Waals surface area contributed by atoms with E-state index >= 15 is 0 Å². The van der Waals surface area contributed by atoms with Crippen LogP contribution in [0.2, 0.25) is 0 Å². The minimum absolute atomic E-state index is 0.239. The van der Waals surface area contributed by atoms with E-state index in [9.17, 15) is 18.0 Å². The van der Waals surface area contributed by atoms with Crippen LogP contribution in [-0.2, 0) is 14.8 Å². The molecule has 0 saturated heterocycles. The molecule has 3 rings (SSSR count). The van der Waals surface area contributed by atoms with Crippen LogP contribution >= 0.6 is 0 Å². The van der Waals surface area contributed by atoms with Crippen molar-refractivity contribution in [3.05, 3.63) is 95.1 Å². The Kier molecular flexibility index (Phi) is 7.96. The molecule has 0 heterocycles. The maximum atomic E-state index is 13.2. The second-order valence-electron chi connectivity index (χ2n) is 8.64. The molecule has 2 amide bonds. The molecule has 0 aromatic heterocycles. The van der Waals surface area contributed by atoms with E-state index in [-0.39, 0.29) is 17.5 Å². The number of hydrogen-bond donors (Lipinski definition) is 2. The second-order valence-corrected chi connectivity index (χ2v) is 10.5. The molecule has 3 aromatic carbocycles. The van der Waals surface area contributed by atoms with Crippen LogP contribution < -0.4 is 14.9 Å². The van der Waals surface area contributed by atoms with Crippen LogP contribution in [0.25, 0.3) is 0 Å². The third-order valence-corrected chi connectivity index (χ3v) is 7.15. The Bertz CT molecular complexity index is 1320. The van der Waals surface area contributed by atoms with Gasteiger partial charge < -0.3 is 10.6 Å². The van der Waals surface area contributed by atoms with Gasteiger partial charge in [0.05, 0.1) is 29.2 Å². The van der Waals surface area contributed by atoms with E-state index in [1.54, 1.807) is 36.4 Å². The van der Waals surface area contributed by atoms with Gasteiger partial charge in [-0.15, -0.1) is 0 Å². The van der Waals surface area contributed by atoms with Gasteiger partial charge in [-0.3, -0.25) is 13.9 Å². The van der Waals surface area contributed by atoms with Gasteiger partial charge in [-0.1, -0.05) is 48.5 Å². The predicted molar refractivity (Wildman–Crippen MR) is 140 cm³/mol. The van der Waals surface area contributed by atoms with Crippen molar-refractivity contribution in [2.24, 2.45) is 0 Å². The van der Waals surface area contributed by atoms with Gasteiger partial charge in [0.1, 0.15) is 6.04 Å². The van der Waals surface area contributed by atoms with Crippen molar-refractivity contribution in [2.75, 3.05) is 15.9 Å². The second kappa shape index (κ2) is 10.7. The summed E-state index contributed by atoms with van der Waals surface area (Å²) < 4.78 is 26.4. The number of para-hydroxylation sites is 1. The Morgan fingerprint density at radius 1 is 0.857 bits per heavy atom. The van der Waals surface area contributed by atoms with E-state index in [1.165, 1.54) is 6.92 Å². The summed E-state index contributed by atoms with van der Waals surface area (Å²) in [5.74, 6) is -0.899. The molecule has 0 fully saturated rings. The highest BCUT2D eigenvalue weighted by Gasteiger charge is 2.30. The van der Waals surface area contributed by atoms with E-state index in [0.717, 1.165) is 27.3 Å². The molecule has 35 heavy (non-hydrogen) atoms. The topological polar surface area (TPSA) is 95.6 Å².